The number of halogens is 1. The van der Waals surface area contributed by atoms with E-state index in [2.05, 4.69) is 5.32 Å². The summed E-state index contributed by atoms with van der Waals surface area (Å²) in [6, 6.07) is 14.0. The van der Waals surface area contributed by atoms with Crippen molar-refractivity contribution in [1.29, 1.82) is 0 Å². The van der Waals surface area contributed by atoms with Crippen LogP contribution in [0.5, 0.6) is 0 Å². The second-order valence-electron chi connectivity index (χ2n) is 6.31. The average Bonchev–Trinajstić information content (AvgIpc) is 3.09. The molecule has 1 fully saturated rings. The number of carbonyl (C=O) groups excluding carboxylic acids is 1. The monoisotopic (exact) mass is 373 g/mol. The van der Waals surface area contributed by atoms with Gasteiger partial charge in [-0.05, 0) is 48.2 Å². The lowest BCUT2D eigenvalue weighted by molar-refractivity contribution is -0.122. The maximum Gasteiger partial charge on any atom is 0.335 e. The Morgan fingerprint density at radius 1 is 1.12 bits per heavy atom. The predicted molar refractivity (Wildman–Crippen MR) is 98.4 cm³/mol. The van der Waals surface area contributed by atoms with Gasteiger partial charge < -0.3 is 15.2 Å². The van der Waals surface area contributed by atoms with Gasteiger partial charge in [0.15, 0.2) is 0 Å². The quantitative estimate of drug-likeness (QED) is 0.810. The molecule has 1 amide bonds. The van der Waals surface area contributed by atoms with E-state index in [0.29, 0.717) is 24.5 Å². The van der Waals surface area contributed by atoms with Crippen LogP contribution in [-0.2, 0) is 16.0 Å². The summed E-state index contributed by atoms with van der Waals surface area (Å²) in [5.74, 6) is -0.995. The minimum Gasteiger partial charge on any atom is -0.478 e. The smallest absolute Gasteiger partial charge is 0.335 e. The van der Waals surface area contributed by atoms with E-state index in [1.807, 2.05) is 24.3 Å². The number of amides is 1. The molecule has 0 aliphatic carbocycles. The van der Waals surface area contributed by atoms with Gasteiger partial charge in [-0.15, -0.1) is 0 Å². The Balaban J connectivity index is 1.53. The highest BCUT2D eigenvalue weighted by molar-refractivity contribution is 6.30. The summed E-state index contributed by atoms with van der Waals surface area (Å²) in [6.45, 7) is 0.606. The maximum absolute atomic E-state index is 12.3. The molecular weight excluding hydrogens is 354 g/mol. The van der Waals surface area contributed by atoms with Crippen molar-refractivity contribution in [3.05, 3.63) is 70.2 Å². The SMILES string of the molecule is O=C(CCc1ccc(C(=O)O)cc1)NC1CCOC1c1ccc(Cl)cc1. The molecule has 2 aromatic rings. The molecule has 0 aromatic heterocycles. The van der Waals surface area contributed by atoms with Crippen molar-refractivity contribution < 1.29 is 19.4 Å². The molecule has 3 rings (SSSR count). The van der Waals surface area contributed by atoms with E-state index in [-0.39, 0.29) is 23.6 Å². The fourth-order valence-electron chi connectivity index (χ4n) is 3.07. The number of nitrogens with one attached hydrogen (secondary N) is 1. The summed E-state index contributed by atoms with van der Waals surface area (Å²) in [5, 5.41) is 12.6. The molecule has 2 unspecified atom stereocenters. The molecule has 136 valence electrons. The van der Waals surface area contributed by atoms with Gasteiger partial charge >= 0.3 is 5.97 Å². The summed E-state index contributed by atoms with van der Waals surface area (Å²) in [4.78, 5) is 23.2. The van der Waals surface area contributed by atoms with Crippen LogP contribution in [0.1, 0.15) is 40.4 Å². The van der Waals surface area contributed by atoms with E-state index in [1.165, 1.54) is 0 Å². The molecule has 1 saturated heterocycles. The summed E-state index contributed by atoms with van der Waals surface area (Å²) in [5.41, 5.74) is 2.18. The normalized spacial score (nSPS) is 19.3. The van der Waals surface area contributed by atoms with Gasteiger partial charge in [0.1, 0.15) is 6.10 Å². The molecule has 0 saturated carbocycles. The zero-order valence-corrected chi connectivity index (χ0v) is 14.9. The standard InChI is InChI=1S/C20H20ClNO4/c21-16-8-6-14(7-9-16)19-17(11-12-26-19)22-18(23)10-3-13-1-4-15(5-2-13)20(24)25/h1-2,4-9,17,19H,3,10-12H2,(H,22,23)(H,24,25). The zero-order valence-electron chi connectivity index (χ0n) is 14.2. The average molecular weight is 374 g/mol. The van der Waals surface area contributed by atoms with Crippen molar-refractivity contribution >= 4 is 23.5 Å². The van der Waals surface area contributed by atoms with Crippen molar-refractivity contribution in [3.8, 4) is 0 Å². The minimum absolute atomic E-state index is 0.0400. The lowest BCUT2D eigenvalue weighted by Gasteiger charge is -2.20. The molecule has 2 N–H and O–H groups in total. The number of benzene rings is 2. The molecule has 1 heterocycles. The molecule has 2 aromatic carbocycles. The second kappa shape index (κ2) is 8.34. The first-order valence-corrected chi connectivity index (χ1v) is 8.89. The summed E-state index contributed by atoms with van der Waals surface area (Å²) < 4.78 is 5.78. The number of carboxylic acids is 1. The Morgan fingerprint density at radius 2 is 1.81 bits per heavy atom. The molecule has 0 radical (unpaired) electrons. The first-order chi connectivity index (χ1) is 12.5. The van der Waals surface area contributed by atoms with Crippen molar-refractivity contribution in [3.63, 3.8) is 0 Å². The lowest BCUT2D eigenvalue weighted by Crippen LogP contribution is -2.36. The molecule has 0 spiro atoms. The molecule has 6 heteroatoms. The Kier molecular flexibility index (Phi) is 5.91. The summed E-state index contributed by atoms with van der Waals surface area (Å²) >= 11 is 5.92. The van der Waals surface area contributed by atoms with Gasteiger partial charge in [-0.25, -0.2) is 4.79 Å². The summed E-state index contributed by atoms with van der Waals surface area (Å²) in [7, 11) is 0. The van der Waals surface area contributed by atoms with E-state index in [4.69, 9.17) is 21.4 Å². The first kappa shape index (κ1) is 18.4. The number of hydrogen-bond donors (Lipinski definition) is 2. The van der Waals surface area contributed by atoms with Crippen LogP contribution in [-0.4, -0.2) is 29.6 Å². The van der Waals surface area contributed by atoms with E-state index in [9.17, 15) is 9.59 Å². The van der Waals surface area contributed by atoms with Gasteiger partial charge in [0.05, 0.1) is 11.6 Å². The van der Waals surface area contributed by atoms with Gasteiger partial charge in [0.25, 0.3) is 0 Å². The fourth-order valence-corrected chi connectivity index (χ4v) is 3.20. The highest BCUT2D eigenvalue weighted by atomic mass is 35.5. The molecule has 1 aliphatic rings. The molecule has 0 bridgehead atoms. The topological polar surface area (TPSA) is 75.6 Å². The number of ether oxygens (including phenoxy) is 1. The van der Waals surface area contributed by atoms with Crippen molar-refractivity contribution in [1.82, 2.24) is 5.32 Å². The second-order valence-corrected chi connectivity index (χ2v) is 6.74. The third-order valence-electron chi connectivity index (χ3n) is 4.48. The van der Waals surface area contributed by atoms with Crippen molar-refractivity contribution in [2.45, 2.75) is 31.4 Å². The first-order valence-electron chi connectivity index (χ1n) is 8.51. The molecule has 1 aliphatic heterocycles. The van der Waals surface area contributed by atoms with Crippen LogP contribution in [0.15, 0.2) is 48.5 Å². The Morgan fingerprint density at radius 3 is 2.46 bits per heavy atom. The van der Waals surface area contributed by atoms with Gasteiger partial charge in [0.2, 0.25) is 5.91 Å². The Labute approximate surface area is 156 Å². The number of carbonyl (C=O) groups is 2. The van der Waals surface area contributed by atoms with Crippen LogP contribution in [0.4, 0.5) is 0 Å². The van der Waals surface area contributed by atoms with Gasteiger partial charge in [-0.1, -0.05) is 35.9 Å². The van der Waals surface area contributed by atoms with E-state index in [1.54, 1.807) is 24.3 Å². The molecule has 2 atom stereocenters. The number of rotatable bonds is 6. The number of hydrogen-bond acceptors (Lipinski definition) is 3. The van der Waals surface area contributed by atoms with E-state index >= 15 is 0 Å². The summed E-state index contributed by atoms with van der Waals surface area (Å²) in [6.07, 6.45) is 1.51. The van der Waals surface area contributed by atoms with Crippen LogP contribution in [0.25, 0.3) is 0 Å². The molecule has 5 nitrogen and oxygen atoms in total. The van der Waals surface area contributed by atoms with Crippen molar-refractivity contribution in [2.24, 2.45) is 0 Å². The van der Waals surface area contributed by atoms with Gasteiger partial charge in [0, 0.05) is 18.1 Å². The van der Waals surface area contributed by atoms with Crippen LogP contribution < -0.4 is 5.32 Å². The largest absolute Gasteiger partial charge is 0.478 e. The highest BCUT2D eigenvalue weighted by Gasteiger charge is 2.30. The van der Waals surface area contributed by atoms with Crippen LogP contribution in [0, 0.1) is 0 Å². The van der Waals surface area contributed by atoms with E-state index in [0.717, 1.165) is 17.5 Å². The maximum atomic E-state index is 12.3. The Hall–Kier alpha value is -2.37. The Bertz CT molecular complexity index is 773. The highest BCUT2D eigenvalue weighted by Crippen LogP contribution is 2.30. The van der Waals surface area contributed by atoms with Gasteiger partial charge in [-0.2, -0.15) is 0 Å². The van der Waals surface area contributed by atoms with Gasteiger partial charge in [-0.3, -0.25) is 4.79 Å². The number of aryl methyl sites for hydroxylation is 1. The minimum atomic E-state index is -0.955. The van der Waals surface area contributed by atoms with E-state index < -0.39 is 5.97 Å². The van der Waals surface area contributed by atoms with Crippen molar-refractivity contribution in [2.75, 3.05) is 6.61 Å². The third kappa shape index (κ3) is 4.62. The molecular formula is C20H20ClNO4. The fraction of sp³-hybridized carbons (Fsp3) is 0.300. The predicted octanol–water partition coefficient (Wildman–Crippen LogP) is 3.62. The number of carboxylic acid groups (broad SMARTS) is 1. The van der Waals surface area contributed by atoms with Crippen LogP contribution in [0.3, 0.4) is 0 Å². The third-order valence-corrected chi connectivity index (χ3v) is 4.73. The molecule has 26 heavy (non-hydrogen) atoms. The van der Waals surface area contributed by atoms with Crippen LogP contribution in [0.2, 0.25) is 5.02 Å². The lowest BCUT2D eigenvalue weighted by atomic mass is 10.0. The number of aromatic carboxylic acids is 1. The van der Waals surface area contributed by atoms with Crippen LogP contribution >= 0.6 is 11.6 Å². The zero-order chi connectivity index (χ0) is 18.5.